The van der Waals surface area contributed by atoms with Crippen LogP contribution in [0.1, 0.15) is 84.6 Å². The van der Waals surface area contributed by atoms with E-state index in [4.69, 9.17) is 9.98 Å². The van der Waals surface area contributed by atoms with Crippen LogP contribution in [0.2, 0.25) is 0 Å². The third-order valence-electron chi connectivity index (χ3n) is 6.32. The van der Waals surface area contributed by atoms with Gasteiger partial charge in [0.25, 0.3) is 0 Å². The third kappa shape index (κ3) is 9.98. The summed E-state index contributed by atoms with van der Waals surface area (Å²) in [6.45, 7) is 20.3. The number of benzene rings is 2. The van der Waals surface area contributed by atoms with Gasteiger partial charge in [0.05, 0.1) is 5.69 Å². The molecule has 0 aliphatic carbocycles. The fourth-order valence-corrected chi connectivity index (χ4v) is 4.58. The van der Waals surface area contributed by atoms with Gasteiger partial charge in [-0.25, -0.2) is 9.98 Å². The molecule has 2 aromatic carbocycles. The Morgan fingerprint density at radius 1 is 0.676 bits per heavy atom. The lowest BCUT2D eigenvalue weighted by Gasteiger charge is -2.21. The Hall–Kier alpha value is -2.62. The summed E-state index contributed by atoms with van der Waals surface area (Å²) in [5.74, 6) is 3.81. The summed E-state index contributed by atoms with van der Waals surface area (Å²) in [6.07, 6.45) is 4.02. The van der Waals surface area contributed by atoms with Crippen molar-refractivity contribution >= 4 is 23.2 Å². The first kappa shape index (κ1) is 30.6. The number of aliphatic imine (C=N–C) groups is 2. The SMILES string of the molecule is CC(=NC(=Nc1c(CC(C)C)cccc1CC(C)C)Nc1c(CC(C)C)cccc1CC(C)C)N(C)C. The first-order valence-corrected chi connectivity index (χ1v) is 14.2. The van der Waals surface area contributed by atoms with Gasteiger partial charge < -0.3 is 10.2 Å². The summed E-state index contributed by atoms with van der Waals surface area (Å²) in [5, 5.41) is 3.76. The van der Waals surface area contributed by atoms with E-state index >= 15 is 0 Å². The standard InChI is InChI=1S/C33H52N4/c1-22(2)18-27-14-12-15-28(19-23(3)4)31(27)35-33(34-26(9)37(10)11)36-32-29(20-24(5)6)16-13-17-30(32)21-25(7)8/h12-17,22-25H,18-21H2,1-11H3,(H,35,36). The number of anilines is 1. The molecule has 204 valence electrons. The molecule has 0 fully saturated rings. The first-order chi connectivity index (χ1) is 17.4. The monoisotopic (exact) mass is 504 g/mol. The van der Waals surface area contributed by atoms with Crippen LogP contribution in [0.25, 0.3) is 0 Å². The van der Waals surface area contributed by atoms with E-state index < -0.39 is 0 Å². The summed E-state index contributed by atoms with van der Waals surface area (Å²) in [7, 11) is 4.06. The minimum absolute atomic E-state index is 0.552. The number of nitrogens with one attached hydrogen (secondary N) is 1. The fraction of sp³-hybridized carbons (Fsp3) is 0.576. The zero-order valence-electron chi connectivity index (χ0n) is 25.4. The molecule has 0 saturated carbocycles. The Balaban J connectivity index is 2.77. The molecule has 0 heterocycles. The number of nitrogens with zero attached hydrogens (tertiary/aromatic N) is 3. The van der Waals surface area contributed by atoms with Gasteiger partial charge in [-0.05, 0) is 78.5 Å². The molecule has 0 aromatic heterocycles. The quantitative estimate of drug-likeness (QED) is 0.260. The Labute approximate surface area is 227 Å². The maximum Gasteiger partial charge on any atom is 0.229 e. The molecule has 0 spiro atoms. The van der Waals surface area contributed by atoms with Crippen molar-refractivity contribution in [3.05, 3.63) is 58.7 Å². The van der Waals surface area contributed by atoms with Crippen LogP contribution in [0.5, 0.6) is 0 Å². The van der Waals surface area contributed by atoms with Crippen molar-refractivity contribution in [3.8, 4) is 0 Å². The van der Waals surface area contributed by atoms with E-state index in [1.165, 1.54) is 27.9 Å². The fourth-order valence-electron chi connectivity index (χ4n) is 4.58. The molecule has 37 heavy (non-hydrogen) atoms. The largest absolute Gasteiger partial charge is 0.366 e. The van der Waals surface area contributed by atoms with E-state index in [9.17, 15) is 0 Å². The number of hydrogen-bond donors (Lipinski definition) is 1. The zero-order chi connectivity index (χ0) is 27.7. The topological polar surface area (TPSA) is 40.0 Å². The maximum atomic E-state index is 5.31. The van der Waals surface area contributed by atoms with Crippen molar-refractivity contribution < 1.29 is 0 Å². The highest BCUT2D eigenvalue weighted by Crippen LogP contribution is 2.31. The van der Waals surface area contributed by atoms with Crippen molar-refractivity contribution in [2.24, 2.45) is 33.7 Å². The Kier molecular flexibility index (Phi) is 11.9. The lowest BCUT2D eigenvalue weighted by Crippen LogP contribution is -2.23. The lowest BCUT2D eigenvalue weighted by molar-refractivity contribution is 0.619. The molecule has 1 N–H and O–H groups in total. The van der Waals surface area contributed by atoms with Gasteiger partial charge in [-0.15, -0.1) is 0 Å². The molecular weight excluding hydrogens is 452 g/mol. The number of amidine groups is 1. The molecular formula is C33H52N4. The van der Waals surface area contributed by atoms with Crippen LogP contribution in [0.15, 0.2) is 46.4 Å². The minimum atomic E-state index is 0.552. The smallest absolute Gasteiger partial charge is 0.229 e. The van der Waals surface area contributed by atoms with Crippen molar-refractivity contribution in [3.63, 3.8) is 0 Å². The highest BCUT2D eigenvalue weighted by molar-refractivity contribution is 6.04. The van der Waals surface area contributed by atoms with Crippen LogP contribution < -0.4 is 5.32 Å². The maximum absolute atomic E-state index is 5.31. The van der Waals surface area contributed by atoms with Crippen LogP contribution in [0.4, 0.5) is 11.4 Å². The molecule has 0 atom stereocenters. The van der Waals surface area contributed by atoms with Crippen LogP contribution in [0, 0.1) is 23.7 Å². The van der Waals surface area contributed by atoms with Gasteiger partial charge in [0.1, 0.15) is 5.84 Å². The minimum Gasteiger partial charge on any atom is -0.366 e. The Bertz CT molecular complexity index is 1000. The second-order valence-electron chi connectivity index (χ2n) is 12.4. The zero-order valence-corrected chi connectivity index (χ0v) is 25.4. The number of guanidine groups is 1. The molecule has 2 rings (SSSR count). The van der Waals surface area contributed by atoms with Crippen molar-refractivity contribution in [1.82, 2.24) is 4.90 Å². The predicted molar refractivity (Wildman–Crippen MR) is 165 cm³/mol. The number of rotatable bonds is 10. The third-order valence-corrected chi connectivity index (χ3v) is 6.32. The molecule has 0 aliphatic rings. The van der Waals surface area contributed by atoms with Gasteiger partial charge in [-0.2, -0.15) is 0 Å². The molecule has 0 amide bonds. The summed E-state index contributed by atoms with van der Waals surface area (Å²) in [5.41, 5.74) is 7.50. The van der Waals surface area contributed by atoms with E-state index in [1.54, 1.807) is 0 Å². The second-order valence-corrected chi connectivity index (χ2v) is 12.4. The van der Waals surface area contributed by atoms with Gasteiger partial charge in [0.2, 0.25) is 5.96 Å². The molecule has 4 nitrogen and oxygen atoms in total. The molecule has 0 saturated heterocycles. The molecule has 0 unspecified atom stereocenters. The summed E-state index contributed by atoms with van der Waals surface area (Å²) < 4.78 is 0. The van der Waals surface area contributed by atoms with Gasteiger partial charge in [-0.1, -0.05) is 91.8 Å². The van der Waals surface area contributed by atoms with Crippen LogP contribution in [-0.2, 0) is 25.7 Å². The Morgan fingerprint density at radius 2 is 1.05 bits per heavy atom. The highest BCUT2D eigenvalue weighted by atomic mass is 15.2. The van der Waals surface area contributed by atoms with Gasteiger partial charge in [0.15, 0.2) is 0 Å². The van der Waals surface area contributed by atoms with Gasteiger partial charge in [0, 0.05) is 19.8 Å². The van der Waals surface area contributed by atoms with Crippen molar-refractivity contribution in [2.45, 2.75) is 88.0 Å². The predicted octanol–water partition coefficient (Wildman–Crippen LogP) is 8.56. The highest BCUT2D eigenvalue weighted by Gasteiger charge is 2.16. The second kappa shape index (κ2) is 14.4. The van der Waals surface area contributed by atoms with E-state index in [0.29, 0.717) is 29.6 Å². The van der Waals surface area contributed by atoms with Crippen LogP contribution >= 0.6 is 0 Å². The van der Waals surface area contributed by atoms with E-state index in [0.717, 1.165) is 37.2 Å². The Morgan fingerprint density at radius 3 is 1.43 bits per heavy atom. The van der Waals surface area contributed by atoms with Gasteiger partial charge in [-0.3, -0.25) is 0 Å². The summed E-state index contributed by atoms with van der Waals surface area (Å²) >= 11 is 0. The molecule has 2 aromatic rings. The number of hydrogen-bond acceptors (Lipinski definition) is 1. The molecule has 0 aliphatic heterocycles. The summed E-state index contributed by atoms with van der Waals surface area (Å²) in [6, 6.07) is 13.4. The average molecular weight is 505 g/mol. The van der Waals surface area contributed by atoms with Crippen LogP contribution in [-0.4, -0.2) is 30.8 Å². The van der Waals surface area contributed by atoms with E-state index in [-0.39, 0.29) is 0 Å². The average Bonchev–Trinajstić information content (AvgIpc) is 2.76. The van der Waals surface area contributed by atoms with E-state index in [2.05, 4.69) is 97.1 Å². The molecule has 4 heteroatoms. The van der Waals surface area contributed by atoms with Crippen molar-refractivity contribution in [1.29, 1.82) is 0 Å². The normalized spacial score (nSPS) is 12.8. The number of para-hydroxylation sites is 2. The first-order valence-electron chi connectivity index (χ1n) is 14.2. The molecule has 0 bridgehead atoms. The van der Waals surface area contributed by atoms with Crippen LogP contribution in [0.3, 0.4) is 0 Å². The summed E-state index contributed by atoms with van der Waals surface area (Å²) in [4.78, 5) is 12.4. The molecule has 0 radical (unpaired) electrons. The van der Waals surface area contributed by atoms with Crippen molar-refractivity contribution in [2.75, 3.05) is 19.4 Å². The van der Waals surface area contributed by atoms with E-state index in [1.807, 2.05) is 25.9 Å². The lowest BCUT2D eigenvalue weighted by atomic mass is 9.94. The van der Waals surface area contributed by atoms with Gasteiger partial charge >= 0.3 is 0 Å².